The maximum atomic E-state index is 11.8. The molecule has 6 heteroatoms. The molecule has 1 rings (SSSR count). The highest BCUT2D eigenvalue weighted by Crippen LogP contribution is 2.21. The summed E-state index contributed by atoms with van der Waals surface area (Å²) in [6, 6.07) is -0.716. The van der Waals surface area contributed by atoms with E-state index in [1.54, 1.807) is 0 Å². The van der Waals surface area contributed by atoms with Crippen LogP contribution in [0.5, 0.6) is 0 Å². The molecule has 2 unspecified atom stereocenters. The number of nitrogens with one attached hydrogen (secondary N) is 2. The zero-order chi connectivity index (χ0) is 15.2. The van der Waals surface area contributed by atoms with E-state index < -0.39 is 12.0 Å². The van der Waals surface area contributed by atoms with Crippen molar-refractivity contribution >= 4 is 12.0 Å². The predicted molar refractivity (Wildman–Crippen MR) is 75.6 cm³/mol. The Morgan fingerprint density at radius 3 is 2.60 bits per heavy atom. The molecular formula is C14H26N2O4. The average Bonchev–Trinajstić information content (AvgIpc) is 2.79. The van der Waals surface area contributed by atoms with Gasteiger partial charge in [0, 0.05) is 19.2 Å². The lowest BCUT2D eigenvalue weighted by Crippen LogP contribution is -2.49. The third-order valence-corrected chi connectivity index (χ3v) is 3.51. The fourth-order valence-electron chi connectivity index (χ4n) is 2.18. The summed E-state index contributed by atoms with van der Waals surface area (Å²) in [4.78, 5) is 22.6. The predicted octanol–water partition coefficient (Wildman–Crippen LogP) is 1.74. The Hall–Kier alpha value is -1.30. The summed E-state index contributed by atoms with van der Waals surface area (Å²) >= 11 is 0. The minimum Gasteiger partial charge on any atom is -0.481 e. The van der Waals surface area contributed by atoms with E-state index in [2.05, 4.69) is 10.6 Å². The van der Waals surface area contributed by atoms with Crippen molar-refractivity contribution in [1.82, 2.24) is 10.6 Å². The van der Waals surface area contributed by atoms with Gasteiger partial charge in [-0.2, -0.15) is 0 Å². The summed E-state index contributed by atoms with van der Waals surface area (Å²) in [6.45, 7) is 7.08. The number of rotatable bonds is 6. The highest BCUT2D eigenvalue weighted by molar-refractivity contribution is 5.75. The molecule has 1 saturated heterocycles. The van der Waals surface area contributed by atoms with Crippen LogP contribution in [0.3, 0.4) is 0 Å². The molecule has 2 amide bonds. The molecule has 3 N–H and O–H groups in total. The molecule has 1 aliphatic heterocycles. The third kappa shape index (κ3) is 6.23. The van der Waals surface area contributed by atoms with Crippen molar-refractivity contribution in [3.8, 4) is 0 Å². The quantitative estimate of drug-likeness (QED) is 0.694. The monoisotopic (exact) mass is 286 g/mol. The second-order valence-electron chi connectivity index (χ2n) is 6.34. The first-order valence-electron chi connectivity index (χ1n) is 7.17. The fourth-order valence-corrected chi connectivity index (χ4v) is 2.18. The van der Waals surface area contributed by atoms with E-state index in [1.165, 1.54) is 0 Å². The van der Waals surface area contributed by atoms with Crippen LogP contribution in [-0.4, -0.2) is 42.4 Å². The van der Waals surface area contributed by atoms with Crippen molar-refractivity contribution in [3.05, 3.63) is 0 Å². The lowest BCUT2D eigenvalue weighted by molar-refractivity contribution is -0.138. The van der Waals surface area contributed by atoms with Gasteiger partial charge in [-0.1, -0.05) is 20.8 Å². The van der Waals surface area contributed by atoms with E-state index >= 15 is 0 Å². The topological polar surface area (TPSA) is 87.7 Å². The van der Waals surface area contributed by atoms with Gasteiger partial charge in [-0.3, -0.25) is 4.79 Å². The first-order valence-corrected chi connectivity index (χ1v) is 7.17. The minimum atomic E-state index is -0.912. The molecule has 0 aromatic rings. The van der Waals surface area contributed by atoms with Crippen LogP contribution in [0, 0.1) is 5.41 Å². The fraction of sp³-hybridized carbons (Fsp3) is 0.857. The summed E-state index contributed by atoms with van der Waals surface area (Å²) in [5, 5.41) is 14.4. The van der Waals surface area contributed by atoms with E-state index in [1.807, 2.05) is 20.8 Å². The van der Waals surface area contributed by atoms with Crippen LogP contribution in [0.1, 0.15) is 46.5 Å². The molecule has 0 bridgehead atoms. The molecule has 0 spiro atoms. The largest absolute Gasteiger partial charge is 0.481 e. The molecule has 0 saturated carbocycles. The Kier molecular flexibility index (Phi) is 6.26. The maximum absolute atomic E-state index is 11.8. The Morgan fingerprint density at radius 2 is 2.10 bits per heavy atom. The van der Waals surface area contributed by atoms with Crippen molar-refractivity contribution in [2.24, 2.45) is 5.41 Å². The van der Waals surface area contributed by atoms with E-state index in [9.17, 15) is 9.59 Å². The van der Waals surface area contributed by atoms with Crippen LogP contribution < -0.4 is 10.6 Å². The molecule has 2 atom stereocenters. The van der Waals surface area contributed by atoms with Crippen LogP contribution in [0.2, 0.25) is 0 Å². The number of amides is 2. The van der Waals surface area contributed by atoms with Crippen molar-refractivity contribution in [2.75, 3.05) is 13.2 Å². The number of urea groups is 1. The number of ether oxygens (including phenoxy) is 1. The second-order valence-corrected chi connectivity index (χ2v) is 6.34. The van der Waals surface area contributed by atoms with Gasteiger partial charge in [0.2, 0.25) is 0 Å². The maximum Gasteiger partial charge on any atom is 0.315 e. The third-order valence-electron chi connectivity index (χ3n) is 3.51. The van der Waals surface area contributed by atoms with Crippen LogP contribution >= 0.6 is 0 Å². The molecular weight excluding hydrogens is 260 g/mol. The Labute approximate surface area is 120 Å². The Morgan fingerprint density at radius 1 is 1.40 bits per heavy atom. The summed E-state index contributed by atoms with van der Waals surface area (Å²) in [6.07, 6.45) is 3.09. The number of carbonyl (C=O) groups is 2. The zero-order valence-corrected chi connectivity index (χ0v) is 12.6. The summed E-state index contributed by atoms with van der Waals surface area (Å²) in [5.74, 6) is -0.912. The molecule has 116 valence electrons. The SMILES string of the molecule is CC(C)(C)C(CC(=O)O)NC(=O)NCCC1CCCO1. The normalized spacial score (nSPS) is 20.4. The summed E-state index contributed by atoms with van der Waals surface area (Å²) in [5.41, 5.74) is -0.301. The number of carbonyl (C=O) groups excluding carboxylic acids is 1. The average molecular weight is 286 g/mol. The standard InChI is InChI=1S/C14H26N2O4/c1-14(2,3)11(9-12(17)18)16-13(19)15-7-6-10-5-4-8-20-10/h10-11H,4-9H2,1-3H3,(H,17,18)(H2,15,16,19). The Balaban J connectivity index is 2.31. The van der Waals surface area contributed by atoms with Gasteiger partial charge < -0.3 is 20.5 Å². The lowest BCUT2D eigenvalue weighted by atomic mass is 9.85. The molecule has 0 aliphatic carbocycles. The van der Waals surface area contributed by atoms with Gasteiger partial charge in [0.25, 0.3) is 0 Å². The van der Waals surface area contributed by atoms with E-state index in [-0.39, 0.29) is 24.0 Å². The molecule has 0 radical (unpaired) electrons. The lowest BCUT2D eigenvalue weighted by Gasteiger charge is -2.30. The summed E-state index contributed by atoms with van der Waals surface area (Å²) in [7, 11) is 0. The molecule has 6 nitrogen and oxygen atoms in total. The van der Waals surface area contributed by atoms with Crippen LogP contribution in [0.15, 0.2) is 0 Å². The van der Waals surface area contributed by atoms with Crippen molar-refractivity contribution in [3.63, 3.8) is 0 Å². The zero-order valence-electron chi connectivity index (χ0n) is 12.6. The number of hydrogen-bond donors (Lipinski definition) is 3. The van der Waals surface area contributed by atoms with Gasteiger partial charge in [0.1, 0.15) is 0 Å². The van der Waals surface area contributed by atoms with Crippen molar-refractivity contribution in [2.45, 2.75) is 58.6 Å². The smallest absolute Gasteiger partial charge is 0.315 e. The van der Waals surface area contributed by atoms with Crippen LogP contribution in [0.25, 0.3) is 0 Å². The number of carboxylic acid groups (broad SMARTS) is 1. The number of hydrogen-bond acceptors (Lipinski definition) is 3. The number of carboxylic acids is 1. The molecule has 0 aromatic heterocycles. The molecule has 1 heterocycles. The van der Waals surface area contributed by atoms with E-state index in [0.717, 1.165) is 25.9 Å². The van der Waals surface area contributed by atoms with Gasteiger partial charge in [0.15, 0.2) is 0 Å². The molecule has 1 fully saturated rings. The molecule has 20 heavy (non-hydrogen) atoms. The summed E-state index contributed by atoms with van der Waals surface area (Å²) < 4.78 is 5.47. The van der Waals surface area contributed by atoms with Gasteiger partial charge in [-0.25, -0.2) is 4.79 Å². The first kappa shape index (κ1) is 16.8. The van der Waals surface area contributed by atoms with E-state index in [0.29, 0.717) is 6.54 Å². The highest BCUT2D eigenvalue weighted by atomic mass is 16.5. The number of aliphatic carboxylic acids is 1. The van der Waals surface area contributed by atoms with E-state index in [4.69, 9.17) is 9.84 Å². The molecule has 1 aliphatic rings. The Bertz CT molecular complexity index is 333. The van der Waals surface area contributed by atoms with Gasteiger partial charge in [-0.15, -0.1) is 0 Å². The van der Waals surface area contributed by atoms with Crippen LogP contribution in [0.4, 0.5) is 4.79 Å². The van der Waals surface area contributed by atoms with Crippen molar-refractivity contribution < 1.29 is 19.4 Å². The van der Waals surface area contributed by atoms with Crippen molar-refractivity contribution in [1.29, 1.82) is 0 Å². The van der Waals surface area contributed by atoms with Gasteiger partial charge >= 0.3 is 12.0 Å². The second kappa shape index (κ2) is 7.47. The highest BCUT2D eigenvalue weighted by Gasteiger charge is 2.28. The first-order chi connectivity index (χ1) is 9.29. The van der Waals surface area contributed by atoms with Gasteiger partial charge in [-0.05, 0) is 24.7 Å². The molecule has 0 aromatic carbocycles. The minimum absolute atomic E-state index is 0.0807. The van der Waals surface area contributed by atoms with Gasteiger partial charge in [0.05, 0.1) is 12.5 Å². The van der Waals surface area contributed by atoms with Crippen LogP contribution in [-0.2, 0) is 9.53 Å².